The highest BCUT2D eigenvalue weighted by Gasteiger charge is 2.26. The lowest BCUT2D eigenvalue weighted by Gasteiger charge is -2.31. The van der Waals surface area contributed by atoms with E-state index in [1.165, 1.54) is 19.3 Å². The highest BCUT2D eigenvalue weighted by molar-refractivity contribution is 5.80. The molecule has 3 nitrogen and oxygen atoms in total. The van der Waals surface area contributed by atoms with E-state index in [0.717, 1.165) is 23.7 Å². The van der Waals surface area contributed by atoms with E-state index < -0.39 is 0 Å². The van der Waals surface area contributed by atoms with E-state index in [4.69, 9.17) is 4.74 Å². The molecule has 2 atom stereocenters. The summed E-state index contributed by atoms with van der Waals surface area (Å²) in [6.45, 7) is 2.21. The second kappa shape index (κ2) is 6.13. The minimum absolute atomic E-state index is 0.199. The Morgan fingerprint density at radius 1 is 1.29 bits per heavy atom. The van der Waals surface area contributed by atoms with E-state index in [1.54, 1.807) is 0 Å². The molecule has 21 heavy (non-hydrogen) atoms. The Morgan fingerprint density at radius 2 is 2.10 bits per heavy atom. The molecular weight excluding hydrogens is 260 g/mol. The fourth-order valence-corrected chi connectivity index (χ4v) is 3.21. The van der Waals surface area contributed by atoms with Crippen molar-refractivity contribution in [3.05, 3.63) is 35.9 Å². The molecule has 2 aromatic rings. The van der Waals surface area contributed by atoms with Crippen LogP contribution >= 0.6 is 0 Å². The molecule has 3 heteroatoms. The maximum absolute atomic E-state index is 9.36. The Morgan fingerprint density at radius 3 is 2.90 bits per heavy atom. The Hall–Kier alpha value is -2.08. The third kappa shape index (κ3) is 2.85. The van der Waals surface area contributed by atoms with Gasteiger partial charge in [0.1, 0.15) is 17.7 Å². The number of rotatable bonds is 3. The molecule has 0 amide bonds. The van der Waals surface area contributed by atoms with E-state index in [2.05, 4.69) is 18.0 Å². The van der Waals surface area contributed by atoms with Crippen LogP contribution in [-0.4, -0.2) is 11.1 Å². The van der Waals surface area contributed by atoms with Gasteiger partial charge in [0.2, 0.25) is 5.88 Å². The molecule has 0 bridgehead atoms. The molecule has 0 aliphatic heterocycles. The molecule has 1 aromatic heterocycles. The van der Waals surface area contributed by atoms with Gasteiger partial charge >= 0.3 is 0 Å². The SMILES string of the molecule is CCC1CCCCC1Oc1nc2ccccc2cc1C#N. The Bertz CT molecular complexity index is 674. The van der Waals surface area contributed by atoms with Crippen LogP contribution in [0.4, 0.5) is 0 Å². The summed E-state index contributed by atoms with van der Waals surface area (Å²) in [7, 11) is 0. The molecular formula is C18H20N2O. The molecule has 1 aliphatic carbocycles. The van der Waals surface area contributed by atoms with Crippen molar-refractivity contribution in [3.63, 3.8) is 0 Å². The van der Waals surface area contributed by atoms with Crippen LogP contribution in [-0.2, 0) is 0 Å². The topological polar surface area (TPSA) is 45.9 Å². The van der Waals surface area contributed by atoms with Crippen molar-refractivity contribution < 1.29 is 4.74 Å². The number of nitrogens with zero attached hydrogens (tertiary/aromatic N) is 2. The largest absolute Gasteiger partial charge is 0.473 e. The van der Waals surface area contributed by atoms with Gasteiger partial charge in [-0.1, -0.05) is 31.5 Å². The smallest absolute Gasteiger partial charge is 0.232 e. The summed E-state index contributed by atoms with van der Waals surface area (Å²) >= 11 is 0. The predicted molar refractivity (Wildman–Crippen MR) is 83.1 cm³/mol. The maximum atomic E-state index is 9.36. The first kappa shape index (κ1) is 13.9. The number of benzene rings is 1. The zero-order chi connectivity index (χ0) is 14.7. The third-order valence-corrected chi connectivity index (χ3v) is 4.44. The second-order valence-electron chi connectivity index (χ2n) is 5.75. The zero-order valence-electron chi connectivity index (χ0n) is 12.4. The van der Waals surface area contributed by atoms with Gasteiger partial charge in [-0.05, 0) is 43.7 Å². The van der Waals surface area contributed by atoms with E-state index in [1.807, 2.05) is 30.3 Å². The molecule has 1 saturated carbocycles. The highest BCUT2D eigenvalue weighted by atomic mass is 16.5. The monoisotopic (exact) mass is 280 g/mol. The second-order valence-corrected chi connectivity index (χ2v) is 5.75. The van der Waals surface area contributed by atoms with Crippen molar-refractivity contribution in [2.24, 2.45) is 5.92 Å². The van der Waals surface area contributed by atoms with Crippen LogP contribution in [0.1, 0.15) is 44.6 Å². The number of hydrogen-bond acceptors (Lipinski definition) is 3. The lowest BCUT2D eigenvalue weighted by atomic mass is 9.85. The number of fused-ring (bicyclic) bond motifs is 1. The van der Waals surface area contributed by atoms with Gasteiger partial charge in [0, 0.05) is 5.39 Å². The van der Waals surface area contributed by atoms with E-state index in [0.29, 0.717) is 17.4 Å². The van der Waals surface area contributed by atoms with Gasteiger partial charge in [-0.3, -0.25) is 0 Å². The predicted octanol–water partition coefficient (Wildman–Crippen LogP) is 4.45. The van der Waals surface area contributed by atoms with Gasteiger partial charge in [-0.2, -0.15) is 5.26 Å². The number of aromatic nitrogens is 1. The average molecular weight is 280 g/mol. The molecule has 1 heterocycles. The lowest BCUT2D eigenvalue weighted by Crippen LogP contribution is -2.30. The van der Waals surface area contributed by atoms with Crippen molar-refractivity contribution in [2.75, 3.05) is 0 Å². The number of para-hydroxylation sites is 1. The molecule has 2 unspecified atom stereocenters. The van der Waals surface area contributed by atoms with Crippen molar-refractivity contribution in [1.82, 2.24) is 4.98 Å². The Balaban J connectivity index is 1.93. The summed E-state index contributed by atoms with van der Waals surface area (Å²) in [5.41, 5.74) is 1.42. The molecule has 1 aromatic carbocycles. The van der Waals surface area contributed by atoms with Crippen molar-refractivity contribution in [3.8, 4) is 11.9 Å². The number of pyridine rings is 1. The van der Waals surface area contributed by atoms with Gasteiger partial charge in [0.05, 0.1) is 5.52 Å². The first-order chi connectivity index (χ1) is 10.3. The quantitative estimate of drug-likeness (QED) is 0.834. The van der Waals surface area contributed by atoms with Crippen molar-refractivity contribution in [1.29, 1.82) is 5.26 Å². The van der Waals surface area contributed by atoms with Crippen LogP contribution < -0.4 is 4.74 Å². The molecule has 0 N–H and O–H groups in total. The lowest BCUT2D eigenvalue weighted by molar-refractivity contribution is 0.0859. The summed E-state index contributed by atoms with van der Waals surface area (Å²) in [4.78, 5) is 4.56. The van der Waals surface area contributed by atoms with Crippen LogP contribution in [0.25, 0.3) is 10.9 Å². The average Bonchev–Trinajstić information content (AvgIpc) is 2.54. The first-order valence-corrected chi connectivity index (χ1v) is 7.78. The third-order valence-electron chi connectivity index (χ3n) is 4.44. The minimum atomic E-state index is 0.199. The summed E-state index contributed by atoms with van der Waals surface area (Å²) in [5, 5.41) is 10.3. The fraction of sp³-hybridized carbons (Fsp3) is 0.444. The Kier molecular flexibility index (Phi) is 4.06. The standard InChI is InChI=1S/C18H20N2O/c1-2-13-7-4-6-10-17(13)21-18-15(12-19)11-14-8-3-5-9-16(14)20-18/h3,5,8-9,11,13,17H,2,4,6-7,10H2,1H3. The molecule has 0 spiro atoms. The molecule has 1 fully saturated rings. The van der Waals surface area contributed by atoms with E-state index in [9.17, 15) is 5.26 Å². The van der Waals surface area contributed by atoms with Gasteiger partial charge in [0.25, 0.3) is 0 Å². The van der Waals surface area contributed by atoms with Crippen LogP contribution in [0.2, 0.25) is 0 Å². The van der Waals surface area contributed by atoms with Crippen LogP contribution in [0.5, 0.6) is 5.88 Å². The van der Waals surface area contributed by atoms with Crippen LogP contribution in [0.3, 0.4) is 0 Å². The normalized spacial score (nSPS) is 21.9. The van der Waals surface area contributed by atoms with Gasteiger partial charge in [-0.15, -0.1) is 0 Å². The van der Waals surface area contributed by atoms with E-state index in [-0.39, 0.29) is 6.10 Å². The molecule has 108 valence electrons. The number of ether oxygens (including phenoxy) is 1. The fourth-order valence-electron chi connectivity index (χ4n) is 3.21. The van der Waals surface area contributed by atoms with E-state index >= 15 is 0 Å². The number of hydrogen-bond donors (Lipinski definition) is 0. The minimum Gasteiger partial charge on any atom is -0.473 e. The maximum Gasteiger partial charge on any atom is 0.232 e. The molecule has 0 saturated heterocycles. The number of nitriles is 1. The summed E-state index contributed by atoms with van der Waals surface area (Å²) in [6, 6.07) is 12.0. The van der Waals surface area contributed by atoms with Gasteiger partial charge in [0.15, 0.2) is 0 Å². The molecule has 0 radical (unpaired) electrons. The van der Waals surface area contributed by atoms with Gasteiger partial charge in [-0.25, -0.2) is 4.98 Å². The van der Waals surface area contributed by atoms with Crippen LogP contribution in [0.15, 0.2) is 30.3 Å². The van der Waals surface area contributed by atoms with Crippen LogP contribution in [0, 0.1) is 17.2 Å². The molecule has 1 aliphatic rings. The summed E-state index contributed by atoms with van der Waals surface area (Å²) in [5.74, 6) is 1.08. The first-order valence-electron chi connectivity index (χ1n) is 7.78. The summed E-state index contributed by atoms with van der Waals surface area (Å²) < 4.78 is 6.16. The van der Waals surface area contributed by atoms with Gasteiger partial charge < -0.3 is 4.74 Å². The van der Waals surface area contributed by atoms with Crippen molar-refractivity contribution >= 4 is 10.9 Å². The van der Waals surface area contributed by atoms with Crippen molar-refractivity contribution in [2.45, 2.75) is 45.1 Å². The molecule has 3 rings (SSSR count). The zero-order valence-corrected chi connectivity index (χ0v) is 12.4. The Labute approximate surface area is 125 Å². The summed E-state index contributed by atoms with van der Waals surface area (Å²) in [6.07, 6.45) is 6.10. The highest BCUT2D eigenvalue weighted by Crippen LogP contribution is 2.31.